The third-order valence-electron chi connectivity index (χ3n) is 16.3. The number of benzene rings is 6. The normalized spacial score (nSPS) is 28.6. The topological polar surface area (TPSA) is 137 Å². The van der Waals surface area contributed by atoms with E-state index in [1.807, 2.05) is 122 Å². The first-order valence-corrected chi connectivity index (χ1v) is 30.2. The van der Waals surface area contributed by atoms with E-state index < -0.39 is 87.3 Å². The van der Waals surface area contributed by atoms with Gasteiger partial charge in [-0.15, -0.1) is 0 Å². The molecule has 0 spiro atoms. The molecule has 15 heteroatoms. The van der Waals surface area contributed by atoms with E-state index in [0.29, 0.717) is 18.4 Å². The number of aryl methyl sites for hydroxylation is 1. The molecule has 0 aromatic heterocycles. The molecule has 81 heavy (non-hydrogen) atoms. The van der Waals surface area contributed by atoms with Crippen LogP contribution in [0.5, 0.6) is 0 Å². The van der Waals surface area contributed by atoms with E-state index in [1.54, 1.807) is 33.5 Å². The van der Waals surface area contributed by atoms with Crippen molar-refractivity contribution < 1.29 is 66.1 Å². The zero-order valence-electron chi connectivity index (χ0n) is 47.6. The third kappa shape index (κ3) is 12.7. The molecular formula is C66H78O14Si. The van der Waals surface area contributed by atoms with E-state index in [4.69, 9.17) is 61.3 Å². The average molecular weight is 1120 g/mol. The highest BCUT2D eigenvalue weighted by molar-refractivity contribution is 6.99. The Bertz CT molecular complexity index is 2840. The van der Waals surface area contributed by atoms with Crippen molar-refractivity contribution in [3.63, 3.8) is 0 Å². The maximum absolute atomic E-state index is 13.9. The zero-order chi connectivity index (χ0) is 56.5. The van der Waals surface area contributed by atoms with Gasteiger partial charge >= 0.3 is 5.97 Å². The van der Waals surface area contributed by atoms with Crippen LogP contribution in [0, 0.1) is 6.92 Å². The van der Waals surface area contributed by atoms with E-state index in [2.05, 4.69) is 69.3 Å². The van der Waals surface area contributed by atoms with Crippen LogP contribution in [0.3, 0.4) is 0 Å². The van der Waals surface area contributed by atoms with Crippen molar-refractivity contribution in [2.24, 2.45) is 0 Å². The monoisotopic (exact) mass is 1120 g/mol. The van der Waals surface area contributed by atoms with Crippen molar-refractivity contribution >= 4 is 24.7 Å². The highest BCUT2D eigenvalue weighted by Crippen LogP contribution is 2.52. The minimum absolute atomic E-state index is 0.0944. The lowest BCUT2D eigenvalue weighted by Crippen LogP contribution is -2.76. The van der Waals surface area contributed by atoms with Crippen LogP contribution in [0.15, 0.2) is 176 Å². The van der Waals surface area contributed by atoms with E-state index in [9.17, 15) is 4.79 Å². The van der Waals surface area contributed by atoms with Crippen LogP contribution >= 0.6 is 0 Å². The fourth-order valence-electron chi connectivity index (χ4n) is 12.1. The maximum Gasteiger partial charge on any atom is 0.338 e. The fourth-order valence-corrected chi connectivity index (χ4v) is 16.7. The van der Waals surface area contributed by atoms with Gasteiger partial charge < -0.3 is 61.3 Å². The summed E-state index contributed by atoms with van der Waals surface area (Å²) >= 11 is 0. The quantitative estimate of drug-likeness (QED) is 0.0471. The van der Waals surface area contributed by atoms with E-state index >= 15 is 0 Å². The van der Waals surface area contributed by atoms with Gasteiger partial charge in [-0.2, -0.15) is 0 Å². The van der Waals surface area contributed by atoms with Gasteiger partial charge in [-0.3, -0.25) is 0 Å². The van der Waals surface area contributed by atoms with E-state index in [-0.39, 0.29) is 38.1 Å². The molecule has 1 aliphatic carbocycles. The molecule has 4 aliphatic rings. The number of hydrogen-bond donors (Lipinski definition) is 0. The van der Waals surface area contributed by atoms with Gasteiger partial charge in [0.25, 0.3) is 8.32 Å². The minimum Gasteiger partial charge on any atom is -0.459 e. The SMILES string of the molecule is CO[C@H]1O[C@H](CO[Si](c2ccccc2)(c2ccccc2)C(C)(C)C)[C@H]2O[C@@]3(OC)CCCC[C@]3(OC)O[C@@H]2[C@@H]1O[C@H]1O[C@H](COC(=O)c2ccc(C)cc2)[C@@H](OCc2ccccc2)[C@H](OCc2ccccc2)[C@@H]1OCc1ccccc1. The highest BCUT2D eigenvalue weighted by atomic mass is 28.4. The number of methoxy groups -OCH3 is 3. The molecule has 6 aromatic rings. The number of rotatable bonds is 22. The van der Waals surface area contributed by atoms with Gasteiger partial charge in [-0.1, -0.05) is 190 Å². The predicted octanol–water partition coefficient (Wildman–Crippen LogP) is 10.0. The van der Waals surface area contributed by atoms with Crippen molar-refractivity contribution in [1.82, 2.24) is 0 Å². The summed E-state index contributed by atoms with van der Waals surface area (Å²) in [7, 11) is 1.71. The lowest BCUT2D eigenvalue weighted by atomic mass is 9.83. The van der Waals surface area contributed by atoms with Gasteiger partial charge in [-0.05, 0) is 64.0 Å². The smallest absolute Gasteiger partial charge is 0.338 e. The van der Waals surface area contributed by atoms with Crippen molar-refractivity contribution in [3.8, 4) is 0 Å². The first kappa shape index (κ1) is 58.7. The van der Waals surface area contributed by atoms with Crippen LogP contribution in [0.25, 0.3) is 0 Å². The largest absolute Gasteiger partial charge is 0.459 e. The lowest BCUT2D eigenvalue weighted by molar-refractivity contribution is -0.502. The Hall–Kier alpha value is -5.47. The third-order valence-corrected chi connectivity index (χ3v) is 21.3. The van der Waals surface area contributed by atoms with Gasteiger partial charge in [0.1, 0.15) is 55.4 Å². The van der Waals surface area contributed by atoms with Crippen LogP contribution in [0.4, 0.5) is 0 Å². The van der Waals surface area contributed by atoms with Crippen molar-refractivity contribution in [3.05, 3.63) is 204 Å². The van der Waals surface area contributed by atoms with Crippen LogP contribution < -0.4 is 10.4 Å². The van der Waals surface area contributed by atoms with Gasteiger partial charge in [0, 0.05) is 34.2 Å². The standard InChI is InChI=1S/C66H78O14Si/c1-46-35-37-50(38-36-46)61(67)74-44-53-55(71-41-47-25-13-8-14-26-47)57(72-42-48-27-15-9-16-28-48)59(73-43-49-29-17-10-18-30-49)63(77-53)78-60-58-56(79-65(69-6)39-23-24-40-66(65,70-7)80-58)54(76-62(60)68-5)45-75-81(64(2,3)4,51-31-19-11-20-32-51)52-33-21-12-22-34-52/h8-22,25-38,53-60,62-63H,23-24,39-45H2,1-7H3/t53-,54-,55-,56-,57+,58+,59+,60+,62+,63-,65+,66+/m1/s1. The van der Waals surface area contributed by atoms with Crippen LogP contribution in [0.2, 0.25) is 5.04 Å². The van der Waals surface area contributed by atoms with E-state index in [1.165, 1.54) is 0 Å². The van der Waals surface area contributed by atoms with Crippen LogP contribution in [-0.4, -0.2) is 122 Å². The summed E-state index contributed by atoms with van der Waals surface area (Å²) in [4.78, 5) is 13.9. The minimum atomic E-state index is -3.13. The number of esters is 1. The summed E-state index contributed by atoms with van der Waals surface area (Å²) in [6.07, 6.45) is -7.14. The highest BCUT2D eigenvalue weighted by Gasteiger charge is 2.68. The number of carbonyl (C=O) groups excluding carboxylic acids is 1. The summed E-state index contributed by atoms with van der Waals surface area (Å²) in [6.45, 7) is 9.09. The molecule has 4 fully saturated rings. The summed E-state index contributed by atoms with van der Waals surface area (Å²) < 4.78 is 90.8. The number of carbonyl (C=O) groups is 1. The number of hydrogen-bond acceptors (Lipinski definition) is 14. The van der Waals surface area contributed by atoms with Crippen molar-refractivity contribution in [2.75, 3.05) is 34.5 Å². The molecule has 0 bridgehead atoms. The van der Waals surface area contributed by atoms with Crippen molar-refractivity contribution in [1.29, 1.82) is 0 Å². The first-order chi connectivity index (χ1) is 39.4. The lowest BCUT2D eigenvalue weighted by Gasteiger charge is -2.61. The molecule has 12 atom stereocenters. The van der Waals surface area contributed by atoms with Crippen molar-refractivity contribution in [2.45, 2.75) is 151 Å². The molecular weight excluding hydrogens is 1040 g/mol. The second-order valence-corrected chi connectivity index (χ2v) is 26.7. The Morgan fingerprint density at radius 1 is 0.531 bits per heavy atom. The summed E-state index contributed by atoms with van der Waals surface area (Å²) in [5.74, 6) is -3.20. The number of fused-ring (bicyclic) bond motifs is 2. The Kier molecular flexibility index (Phi) is 19.1. The molecule has 14 nitrogen and oxygen atoms in total. The van der Waals surface area contributed by atoms with Gasteiger partial charge in [0.2, 0.25) is 11.6 Å². The molecule has 6 aromatic carbocycles. The molecule has 10 rings (SSSR count). The Morgan fingerprint density at radius 3 is 1.47 bits per heavy atom. The van der Waals surface area contributed by atoms with Gasteiger partial charge in [-0.25, -0.2) is 4.79 Å². The Labute approximate surface area is 478 Å². The molecule has 1 saturated carbocycles. The molecule has 0 amide bonds. The predicted molar refractivity (Wildman–Crippen MR) is 307 cm³/mol. The summed E-state index contributed by atoms with van der Waals surface area (Å²) in [5, 5.41) is 1.89. The first-order valence-electron chi connectivity index (χ1n) is 28.3. The van der Waals surface area contributed by atoms with Gasteiger partial charge in [0.05, 0.1) is 32.0 Å². The molecule has 3 aliphatic heterocycles. The molecule has 3 saturated heterocycles. The molecule has 430 valence electrons. The number of ether oxygens (including phenoxy) is 12. The Morgan fingerprint density at radius 2 is 0.988 bits per heavy atom. The average Bonchev–Trinajstić information content (AvgIpc) is 3.54. The van der Waals surface area contributed by atoms with Crippen LogP contribution in [0.1, 0.15) is 79.1 Å². The molecule has 0 radical (unpaired) electrons. The summed E-state index contributed by atoms with van der Waals surface area (Å²) in [5.41, 5.74) is 4.16. The van der Waals surface area contributed by atoms with E-state index in [0.717, 1.165) is 45.5 Å². The summed E-state index contributed by atoms with van der Waals surface area (Å²) in [6, 6.07) is 57.9. The maximum atomic E-state index is 13.9. The zero-order valence-corrected chi connectivity index (χ0v) is 48.6. The fraction of sp³-hybridized carbons (Fsp3) is 0.439. The van der Waals surface area contributed by atoms with Gasteiger partial charge in [0.15, 0.2) is 12.6 Å². The molecule has 0 N–H and O–H groups in total. The Balaban J connectivity index is 1.05. The van der Waals surface area contributed by atoms with Crippen LogP contribution in [-0.2, 0) is 81.1 Å². The second kappa shape index (κ2) is 26.4. The molecule has 3 heterocycles. The second-order valence-electron chi connectivity index (χ2n) is 22.4. The molecule has 0 unspecified atom stereocenters.